The largest absolute Gasteiger partial charge is 0.274 e. The lowest BCUT2D eigenvalue weighted by atomic mass is 10.2. The summed E-state index contributed by atoms with van der Waals surface area (Å²) in [6.07, 6.45) is 0. The van der Waals surface area contributed by atoms with E-state index in [1.807, 2.05) is 0 Å². The second kappa shape index (κ2) is 5.14. The number of carbonyl (C=O) groups excluding carboxylic acids is 2. The summed E-state index contributed by atoms with van der Waals surface area (Å²) in [5.74, 6) is -0.777. The van der Waals surface area contributed by atoms with Crippen LogP contribution in [-0.4, -0.2) is 11.8 Å². The number of halogens is 2. The van der Waals surface area contributed by atoms with Crippen LogP contribution in [0.2, 0.25) is 5.02 Å². The van der Waals surface area contributed by atoms with Gasteiger partial charge in [0.1, 0.15) is 0 Å². The molecule has 0 atom stereocenters. The Morgan fingerprint density at radius 3 is 2.60 bits per heavy atom. The molecule has 80 valence electrons. The van der Waals surface area contributed by atoms with Crippen molar-refractivity contribution in [1.82, 2.24) is 10.9 Å². The van der Waals surface area contributed by atoms with E-state index < -0.39 is 5.91 Å². The maximum Gasteiger partial charge on any atom is 0.270 e. The number of nitrogens with one attached hydrogen (secondary N) is 2. The van der Waals surface area contributed by atoms with Crippen molar-refractivity contribution in [3.8, 4) is 0 Å². The Morgan fingerprint density at radius 1 is 1.33 bits per heavy atom. The molecule has 0 saturated heterocycles. The highest BCUT2D eigenvalue weighted by atomic mass is 79.9. The summed E-state index contributed by atoms with van der Waals surface area (Å²) in [4.78, 5) is 22.1. The zero-order valence-electron chi connectivity index (χ0n) is 7.80. The first-order valence-electron chi connectivity index (χ1n) is 4.02. The van der Waals surface area contributed by atoms with E-state index in [0.717, 1.165) is 0 Å². The highest BCUT2D eigenvalue weighted by molar-refractivity contribution is 9.10. The smallest absolute Gasteiger partial charge is 0.270 e. The fourth-order valence-corrected chi connectivity index (χ4v) is 1.48. The maximum absolute atomic E-state index is 11.5. The number of benzene rings is 1. The highest BCUT2D eigenvalue weighted by Gasteiger charge is 2.10. The second-order valence-electron chi connectivity index (χ2n) is 2.76. The lowest BCUT2D eigenvalue weighted by Crippen LogP contribution is -2.40. The van der Waals surface area contributed by atoms with Crippen LogP contribution in [0.3, 0.4) is 0 Å². The number of amides is 2. The molecule has 0 saturated carbocycles. The molecular weight excluding hydrogens is 283 g/mol. The maximum atomic E-state index is 11.5. The molecule has 0 aliphatic heterocycles. The first kappa shape index (κ1) is 12.0. The molecule has 1 aromatic rings. The summed E-state index contributed by atoms with van der Waals surface area (Å²) < 4.78 is 0.606. The lowest BCUT2D eigenvalue weighted by molar-refractivity contribution is -0.119. The molecule has 2 N–H and O–H groups in total. The fraction of sp³-hybridized carbons (Fsp3) is 0.111. The molecule has 1 rings (SSSR count). The van der Waals surface area contributed by atoms with Crippen molar-refractivity contribution in [1.29, 1.82) is 0 Å². The molecule has 15 heavy (non-hydrogen) atoms. The monoisotopic (exact) mass is 290 g/mol. The van der Waals surface area contributed by atoms with Gasteiger partial charge in [0.25, 0.3) is 5.91 Å². The number of rotatable bonds is 1. The zero-order valence-corrected chi connectivity index (χ0v) is 10.1. The van der Waals surface area contributed by atoms with Crippen molar-refractivity contribution in [3.05, 3.63) is 33.3 Å². The molecule has 4 nitrogen and oxygen atoms in total. The van der Waals surface area contributed by atoms with E-state index in [4.69, 9.17) is 11.6 Å². The Balaban J connectivity index is 2.81. The summed E-state index contributed by atoms with van der Waals surface area (Å²) in [5, 5.41) is 0.450. The summed E-state index contributed by atoms with van der Waals surface area (Å²) in [6.45, 7) is 1.30. The average molecular weight is 292 g/mol. The number of hydrazine groups is 1. The van der Waals surface area contributed by atoms with Crippen molar-refractivity contribution < 1.29 is 9.59 Å². The van der Waals surface area contributed by atoms with Gasteiger partial charge in [-0.25, -0.2) is 0 Å². The van der Waals surface area contributed by atoms with Gasteiger partial charge in [-0.2, -0.15) is 0 Å². The Hall–Kier alpha value is -1.07. The van der Waals surface area contributed by atoms with Crippen molar-refractivity contribution in [2.45, 2.75) is 6.92 Å². The van der Waals surface area contributed by atoms with Crippen molar-refractivity contribution in [3.63, 3.8) is 0 Å². The minimum atomic E-state index is -0.431. The van der Waals surface area contributed by atoms with Crippen LogP contribution >= 0.6 is 27.5 Å². The predicted octanol–water partition coefficient (Wildman–Crippen LogP) is 1.88. The van der Waals surface area contributed by atoms with Crippen LogP contribution in [0.15, 0.2) is 22.7 Å². The SMILES string of the molecule is CC(=O)NNC(=O)c1cc(Cl)ccc1Br. The van der Waals surface area contributed by atoms with E-state index >= 15 is 0 Å². The van der Waals surface area contributed by atoms with Crippen LogP contribution in [0.4, 0.5) is 0 Å². The molecule has 0 spiro atoms. The third kappa shape index (κ3) is 3.53. The molecule has 0 bridgehead atoms. The highest BCUT2D eigenvalue weighted by Crippen LogP contribution is 2.20. The van der Waals surface area contributed by atoms with E-state index in [0.29, 0.717) is 15.1 Å². The quantitative estimate of drug-likeness (QED) is 0.776. The Kier molecular flexibility index (Phi) is 4.11. The molecule has 2 amide bonds. The molecule has 0 aliphatic carbocycles. The number of hydrogen-bond acceptors (Lipinski definition) is 2. The summed E-state index contributed by atoms with van der Waals surface area (Å²) >= 11 is 8.94. The van der Waals surface area contributed by atoms with Crippen molar-refractivity contribution >= 4 is 39.3 Å². The molecule has 0 unspecified atom stereocenters. The van der Waals surface area contributed by atoms with Gasteiger partial charge in [0.2, 0.25) is 5.91 Å². The average Bonchev–Trinajstić information content (AvgIpc) is 2.18. The molecule has 0 fully saturated rings. The summed E-state index contributed by atoms with van der Waals surface area (Å²) in [6, 6.07) is 4.81. The third-order valence-corrected chi connectivity index (χ3v) is 2.45. The molecule has 1 aromatic carbocycles. The first-order valence-corrected chi connectivity index (χ1v) is 5.20. The van der Waals surface area contributed by atoms with E-state index in [1.54, 1.807) is 12.1 Å². The molecule has 0 heterocycles. The topological polar surface area (TPSA) is 58.2 Å². The fourth-order valence-electron chi connectivity index (χ4n) is 0.884. The lowest BCUT2D eigenvalue weighted by Gasteiger charge is -2.06. The van der Waals surface area contributed by atoms with Gasteiger partial charge in [-0.3, -0.25) is 20.4 Å². The normalized spacial score (nSPS) is 9.53. The summed E-state index contributed by atoms with van der Waals surface area (Å²) in [7, 11) is 0. The van der Waals surface area contributed by atoms with Gasteiger partial charge in [-0.1, -0.05) is 11.6 Å². The standard InChI is InChI=1S/C9H8BrClN2O2/c1-5(14)12-13-9(15)7-4-6(11)2-3-8(7)10/h2-4H,1H3,(H,12,14)(H,13,15). The Bertz CT molecular complexity index is 409. The van der Waals surface area contributed by atoms with Crippen LogP contribution in [0.5, 0.6) is 0 Å². The zero-order chi connectivity index (χ0) is 11.4. The van der Waals surface area contributed by atoms with E-state index in [1.165, 1.54) is 13.0 Å². The Labute approximate surface area is 100 Å². The summed E-state index contributed by atoms with van der Waals surface area (Å²) in [5.41, 5.74) is 4.79. The van der Waals surface area contributed by atoms with Crippen LogP contribution in [0.25, 0.3) is 0 Å². The van der Waals surface area contributed by atoms with Gasteiger partial charge in [0.15, 0.2) is 0 Å². The van der Waals surface area contributed by atoms with Crippen LogP contribution in [-0.2, 0) is 4.79 Å². The molecule has 0 aliphatic rings. The van der Waals surface area contributed by atoms with Gasteiger partial charge in [-0.15, -0.1) is 0 Å². The number of carbonyl (C=O) groups is 2. The number of hydrogen-bond donors (Lipinski definition) is 2. The first-order chi connectivity index (χ1) is 7.00. The molecule has 6 heteroatoms. The van der Waals surface area contributed by atoms with E-state index in [9.17, 15) is 9.59 Å². The van der Waals surface area contributed by atoms with E-state index in [2.05, 4.69) is 26.8 Å². The van der Waals surface area contributed by atoms with Crippen molar-refractivity contribution in [2.75, 3.05) is 0 Å². The van der Waals surface area contributed by atoms with Gasteiger partial charge in [-0.05, 0) is 34.1 Å². The van der Waals surface area contributed by atoms with Gasteiger partial charge >= 0.3 is 0 Å². The minimum Gasteiger partial charge on any atom is -0.274 e. The van der Waals surface area contributed by atoms with Crippen molar-refractivity contribution in [2.24, 2.45) is 0 Å². The van der Waals surface area contributed by atoms with Gasteiger partial charge in [0, 0.05) is 16.4 Å². The molecule has 0 aromatic heterocycles. The van der Waals surface area contributed by atoms with Gasteiger partial charge in [0.05, 0.1) is 5.56 Å². The second-order valence-corrected chi connectivity index (χ2v) is 4.05. The van der Waals surface area contributed by atoms with Gasteiger partial charge < -0.3 is 0 Å². The van der Waals surface area contributed by atoms with E-state index in [-0.39, 0.29) is 5.91 Å². The van der Waals surface area contributed by atoms with Crippen LogP contribution < -0.4 is 10.9 Å². The molecular formula is C9H8BrClN2O2. The third-order valence-electron chi connectivity index (χ3n) is 1.53. The minimum absolute atomic E-state index is 0.346. The Morgan fingerprint density at radius 2 is 2.00 bits per heavy atom. The van der Waals surface area contributed by atoms with Crippen LogP contribution in [0, 0.1) is 0 Å². The molecule has 0 radical (unpaired) electrons. The van der Waals surface area contributed by atoms with Crippen LogP contribution in [0.1, 0.15) is 17.3 Å². The predicted molar refractivity (Wildman–Crippen MR) is 60.4 cm³/mol.